The highest BCUT2D eigenvalue weighted by Gasteiger charge is 2.26. The van der Waals surface area contributed by atoms with Gasteiger partial charge in [0.05, 0.1) is 13.7 Å². The molecular formula is C18H26N2O4. The van der Waals surface area contributed by atoms with Gasteiger partial charge in [-0.1, -0.05) is 12.1 Å². The molecule has 132 valence electrons. The van der Waals surface area contributed by atoms with Crippen LogP contribution in [0.25, 0.3) is 0 Å². The number of aliphatic hydroxyl groups excluding tert-OH is 1. The summed E-state index contributed by atoms with van der Waals surface area (Å²) in [6, 6.07) is 5.97. The van der Waals surface area contributed by atoms with Gasteiger partial charge in [0.25, 0.3) is 5.91 Å². The van der Waals surface area contributed by atoms with E-state index in [0.717, 1.165) is 29.7 Å². The minimum atomic E-state index is -0.972. The van der Waals surface area contributed by atoms with Gasteiger partial charge in [-0.3, -0.25) is 9.59 Å². The molecule has 0 aliphatic carbocycles. The Kier molecular flexibility index (Phi) is 6.61. The molecule has 1 fully saturated rings. The molecule has 0 radical (unpaired) electrons. The molecule has 0 saturated carbocycles. The van der Waals surface area contributed by atoms with E-state index in [2.05, 4.69) is 5.32 Å². The lowest BCUT2D eigenvalue weighted by molar-refractivity contribution is -0.142. The highest BCUT2D eigenvalue weighted by Crippen LogP contribution is 2.19. The van der Waals surface area contributed by atoms with Crippen LogP contribution in [-0.2, 0) is 16.0 Å². The average molecular weight is 334 g/mol. The fraction of sp³-hybridized carbons (Fsp3) is 0.556. The normalized spacial score (nSPS) is 18.2. The number of ether oxygens (including phenoxy) is 1. The standard InChI is InChI=1S/C18H26N2O4/c1-13-6-7-14(11-16(13)24-2)8-9-19-17(22)12-20-10-4-3-5-15(21)18(20)23/h6-7,11,15,21H,3-5,8-10,12H2,1-2H3,(H,19,22). The quantitative estimate of drug-likeness (QED) is 0.815. The van der Waals surface area contributed by atoms with Crippen LogP contribution >= 0.6 is 0 Å². The Morgan fingerprint density at radius 2 is 2.21 bits per heavy atom. The first-order chi connectivity index (χ1) is 11.5. The van der Waals surface area contributed by atoms with Crippen molar-refractivity contribution in [2.75, 3.05) is 26.7 Å². The van der Waals surface area contributed by atoms with E-state index in [0.29, 0.717) is 25.9 Å². The van der Waals surface area contributed by atoms with Crippen LogP contribution in [0.2, 0.25) is 0 Å². The summed E-state index contributed by atoms with van der Waals surface area (Å²) >= 11 is 0. The Bertz CT molecular complexity index is 588. The third-order valence-electron chi connectivity index (χ3n) is 4.30. The van der Waals surface area contributed by atoms with Gasteiger partial charge in [-0.2, -0.15) is 0 Å². The van der Waals surface area contributed by atoms with Crippen molar-refractivity contribution in [2.45, 2.75) is 38.7 Å². The Morgan fingerprint density at radius 3 is 2.96 bits per heavy atom. The van der Waals surface area contributed by atoms with Crippen molar-refractivity contribution >= 4 is 11.8 Å². The third kappa shape index (κ3) is 4.96. The van der Waals surface area contributed by atoms with Crippen molar-refractivity contribution in [3.05, 3.63) is 29.3 Å². The molecule has 1 aliphatic heterocycles. The summed E-state index contributed by atoms with van der Waals surface area (Å²) in [6.07, 6.45) is 1.82. The van der Waals surface area contributed by atoms with E-state index in [4.69, 9.17) is 4.74 Å². The molecule has 2 amide bonds. The second-order valence-corrected chi connectivity index (χ2v) is 6.18. The Labute approximate surface area is 142 Å². The summed E-state index contributed by atoms with van der Waals surface area (Å²) in [6.45, 7) is 3.01. The van der Waals surface area contributed by atoms with Gasteiger partial charge < -0.3 is 20.1 Å². The lowest BCUT2D eigenvalue weighted by Gasteiger charge is -2.21. The van der Waals surface area contributed by atoms with Gasteiger partial charge in [-0.05, 0) is 49.8 Å². The third-order valence-corrected chi connectivity index (χ3v) is 4.30. The second-order valence-electron chi connectivity index (χ2n) is 6.18. The number of nitrogens with one attached hydrogen (secondary N) is 1. The fourth-order valence-electron chi connectivity index (χ4n) is 2.84. The molecule has 1 saturated heterocycles. The van der Waals surface area contributed by atoms with Crippen molar-refractivity contribution in [2.24, 2.45) is 0 Å². The van der Waals surface area contributed by atoms with Gasteiger partial charge in [0, 0.05) is 13.1 Å². The molecule has 1 aliphatic rings. The number of rotatable bonds is 6. The number of aliphatic hydroxyl groups is 1. The number of benzene rings is 1. The number of hydrogen-bond acceptors (Lipinski definition) is 4. The van der Waals surface area contributed by atoms with E-state index in [1.54, 1.807) is 7.11 Å². The average Bonchev–Trinajstić information content (AvgIpc) is 2.72. The van der Waals surface area contributed by atoms with Crippen LogP contribution in [-0.4, -0.2) is 54.7 Å². The van der Waals surface area contributed by atoms with Crippen LogP contribution in [0.3, 0.4) is 0 Å². The van der Waals surface area contributed by atoms with E-state index < -0.39 is 6.10 Å². The minimum absolute atomic E-state index is 0.00706. The van der Waals surface area contributed by atoms with Gasteiger partial charge in [0.2, 0.25) is 5.91 Å². The molecule has 1 aromatic carbocycles. The SMILES string of the molecule is COc1cc(CCNC(=O)CN2CCCCC(O)C2=O)ccc1C. The highest BCUT2D eigenvalue weighted by molar-refractivity contribution is 5.87. The number of nitrogens with zero attached hydrogens (tertiary/aromatic N) is 1. The van der Waals surface area contributed by atoms with E-state index in [1.807, 2.05) is 25.1 Å². The van der Waals surface area contributed by atoms with Gasteiger partial charge in [0.1, 0.15) is 11.9 Å². The molecule has 24 heavy (non-hydrogen) atoms. The van der Waals surface area contributed by atoms with Crippen LogP contribution in [0.1, 0.15) is 30.4 Å². The molecular weight excluding hydrogens is 308 g/mol. The number of carbonyl (C=O) groups excluding carboxylic acids is 2. The Balaban J connectivity index is 1.79. The fourth-order valence-corrected chi connectivity index (χ4v) is 2.84. The summed E-state index contributed by atoms with van der Waals surface area (Å²) in [4.78, 5) is 25.4. The van der Waals surface area contributed by atoms with Crippen molar-refractivity contribution in [1.29, 1.82) is 0 Å². The molecule has 0 spiro atoms. The van der Waals surface area contributed by atoms with Crippen LogP contribution in [0.15, 0.2) is 18.2 Å². The second kappa shape index (κ2) is 8.68. The molecule has 1 atom stereocenters. The van der Waals surface area contributed by atoms with E-state index in [-0.39, 0.29) is 18.4 Å². The van der Waals surface area contributed by atoms with Crippen LogP contribution < -0.4 is 10.1 Å². The lowest BCUT2D eigenvalue weighted by atomic mass is 10.1. The van der Waals surface area contributed by atoms with E-state index in [9.17, 15) is 14.7 Å². The number of methoxy groups -OCH3 is 1. The Hall–Kier alpha value is -2.08. The summed E-state index contributed by atoms with van der Waals surface area (Å²) in [7, 11) is 1.64. The maximum absolute atomic E-state index is 12.0. The van der Waals surface area contributed by atoms with E-state index in [1.165, 1.54) is 4.90 Å². The predicted octanol–water partition coefficient (Wildman–Crippen LogP) is 1.04. The first-order valence-electron chi connectivity index (χ1n) is 8.38. The maximum atomic E-state index is 12.0. The maximum Gasteiger partial charge on any atom is 0.251 e. The molecule has 2 rings (SSSR count). The van der Waals surface area contributed by atoms with Crippen molar-refractivity contribution in [3.63, 3.8) is 0 Å². The van der Waals surface area contributed by atoms with Gasteiger partial charge in [0.15, 0.2) is 0 Å². The predicted molar refractivity (Wildman–Crippen MR) is 90.9 cm³/mol. The number of likely N-dealkylation sites (tertiary alicyclic amines) is 1. The van der Waals surface area contributed by atoms with Crippen LogP contribution in [0.4, 0.5) is 0 Å². The van der Waals surface area contributed by atoms with Gasteiger partial charge >= 0.3 is 0 Å². The monoisotopic (exact) mass is 334 g/mol. The summed E-state index contributed by atoms with van der Waals surface area (Å²) in [5.41, 5.74) is 2.16. The topological polar surface area (TPSA) is 78.9 Å². The van der Waals surface area contributed by atoms with Crippen molar-refractivity contribution in [1.82, 2.24) is 10.2 Å². The van der Waals surface area contributed by atoms with Crippen molar-refractivity contribution < 1.29 is 19.4 Å². The first kappa shape index (κ1) is 18.3. The zero-order valence-electron chi connectivity index (χ0n) is 14.4. The number of amides is 2. The van der Waals surface area contributed by atoms with Gasteiger partial charge in [-0.15, -0.1) is 0 Å². The summed E-state index contributed by atoms with van der Waals surface area (Å²) < 4.78 is 5.29. The molecule has 2 N–H and O–H groups in total. The number of aryl methyl sites for hydroxylation is 1. The van der Waals surface area contributed by atoms with Crippen LogP contribution in [0, 0.1) is 6.92 Å². The Morgan fingerprint density at radius 1 is 1.42 bits per heavy atom. The number of hydrogen-bond donors (Lipinski definition) is 2. The first-order valence-corrected chi connectivity index (χ1v) is 8.38. The largest absolute Gasteiger partial charge is 0.496 e. The smallest absolute Gasteiger partial charge is 0.251 e. The molecule has 6 heteroatoms. The number of carbonyl (C=O) groups is 2. The molecule has 1 unspecified atom stereocenters. The molecule has 6 nitrogen and oxygen atoms in total. The summed E-state index contributed by atoms with van der Waals surface area (Å²) in [5, 5.41) is 12.5. The highest BCUT2D eigenvalue weighted by atomic mass is 16.5. The molecule has 1 heterocycles. The lowest BCUT2D eigenvalue weighted by Crippen LogP contribution is -2.44. The molecule has 0 bridgehead atoms. The van der Waals surface area contributed by atoms with Crippen LogP contribution in [0.5, 0.6) is 5.75 Å². The van der Waals surface area contributed by atoms with Gasteiger partial charge in [-0.25, -0.2) is 0 Å². The zero-order chi connectivity index (χ0) is 17.5. The van der Waals surface area contributed by atoms with E-state index >= 15 is 0 Å². The zero-order valence-corrected chi connectivity index (χ0v) is 14.4. The molecule has 1 aromatic rings. The minimum Gasteiger partial charge on any atom is -0.496 e. The van der Waals surface area contributed by atoms with Crippen molar-refractivity contribution in [3.8, 4) is 5.75 Å². The molecule has 0 aromatic heterocycles. The summed E-state index contributed by atoms with van der Waals surface area (Å²) in [5.74, 6) is 0.297.